The zero-order chi connectivity index (χ0) is 15.6. The second-order valence-electron chi connectivity index (χ2n) is 4.80. The molecule has 0 heterocycles. The molecule has 1 fully saturated rings. The molecular weight excluding hydrogens is 283 g/mol. The molecule has 1 N–H and O–H groups in total. The highest BCUT2D eigenvalue weighted by Crippen LogP contribution is 2.38. The Bertz CT molecular complexity index is 574. The van der Waals surface area contributed by atoms with E-state index in [1.807, 2.05) is 0 Å². The van der Waals surface area contributed by atoms with Crippen molar-refractivity contribution in [2.45, 2.75) is 25.3 Å². The number of hydrogen-bond donors (Lipinski definition) is 1. The van der Waals surface area contributed by atoms with Gasteiger partial charge in [0, 0.05) is 18.7 Å². The zero-order valence-corrected chi connectivity index (χ0v) is 11.4. The summed E-state index contributed by atoms with van der Waals surface area (Å²) in [5.41, 5.74) is -0.311. The van der Waals surface area contributed by atoms with Crippen molar-refractivity contribution in [3.8, 4) is 5.75 Å². The standard InChI is InChI=1S/C13H15FN2O5/c1-21-12-7-10(9(14)6-11(12)16(19)20)15(8-2-3-8)5-4-13(17)18/h6-8H,2-5H2,1H3,(H,17,18). The van der Waals surface area contributed by atoms with Gasteiger partial charge in [-0.05, 0) is 12.8 Å². The van der Waals surface area contributed by atoms with Gasteiger partial charge >= 0.3 is 11.7 Å². The Morgan fingerprint density at radius 2 is 2.24 bits per heavy atom. The van der Waals surface area contributed by atoms with Crippen LogP contribution in [-0.4, -0.2) is 35.7 Å². The summed E-state index contributed by atoms with van der Waals surface area (Å²) in [5, 5.41) is 19.6. The number of carbonyl (C=O) groups is 1. The van der Waals surface area contributed by atoms with Crippen molar-refractivity contribution in [1.29, 1.82) is 0 Å². The number of benzene rings is 1. The van der Waals surface area contributed by atoms with Crippen LogP contribution in [-0.2, 0) is 4.79 Å². The van der Waals surface area contributed by atoms with Crippen molar-refractivity contribution in [1.82, 2.24) is 0 Å². The predicted molar refractivity (Wildman–Crippen MR) is 72.2 cm³/mol. The number of nitro benzene ring substituents is 1. The minimum atomic E-state index is -0.977. The number of carboxylic acid groups (broad SMARTS) is 1. The monoisotopic (exact) mass is 298 g/mol. The average Bonchev–Trinajstić information content (AvgIpc) is 3.24. The van der Waals surface area contributed by atoms with Crippen LogP contribution in [0, 0.1) is 15.9 Å². The molecule has 1 aromatic rings. The van der Waals surface area contributed by atoms with Gasteiger partial charge in [0.05, 0.1) is 30.2 Å². The highest BCUT2D eigenvalue weighted by molar-refractivity contribution is 5.68. The van der Waals surface area contributed by atoms with Crippen LogP contribution < -0.4 is 9.64 Å². The van der Waals surface area contributed by atoms with Crippen LogP contribution >= 0.6 is 0 Å². The van der Waals surface area contributed by atoms with Crippen molar-refractivity contribution < 1.29 is 24.0 Å². The van der Waals surface area contributed by atoms with Crippen LogP contribution in [0.4, 0.5) is 15.8 Å². The van der Waals surface area contributed by atoms with Crippen molar-refractivity contribution >= 4 is 17.3 Å². The maximum Gasteiger partial charge on any atom is 0.313 e. The fourth-order valence-corrected chi connectivity index (χ4v) is 2.16. The average molecular weight is 298 g/mol. The summed E-state index contributed by atoms with van der Waals surface area (Å²) in [6, 6.07) is 2.14. The fourth-order valence-electron chi connectivity index (χ4n) is 2.16. The lowest BCUT2D eigenvalue weighted by Crippen LogP contribution is -2.29. The molecule has 0 aromatic heterocycles. The van der Waals surface area contributed by atoms with Crippen LogP contribution in [0.1, 0.15) is 19.3 Å². The first-order chi connectivity index (χ1) is 9.93. The van der Waals surface area contributed by atoms with E-state index >= 15 is 0 Å². The third kappa shape index (κ3) is 3.39. The van der Waals surface area contributed by atoms with Gasteiger partial charge in [0.2, 0.25) is 0 Å². The van der Waals surface area contributed by atoms with Crippen molar-refractivity contribution in [3.05, 3.63) is 28.1 Å². The summed E-state index contributed by atoms with van der Waals surface area (Å²) in [6.45, 7) is 0.151. The Morgan fingerprint density at radius 3 is 2.71 bits per heavy atom. The largest absolute Gasteiger partial charge is 0.490 e. The van der Waals surface area contributed by atoms with E-state index in [1.54, 1.807) is 4.90 Å². The minimum absolute atomic E-state index is 0.0441. The molecule has 1 aromatic carbocycles. The van der Waals surface area contributed by atoms with Crippen LogP contribution in [0.3, 0.4) is 0 Å². The maximum absolute atomic E-state index is 14.1. The number of anilines is 1. The second-order valence-corrected chi connectivity index (χ2v) is 4.80. The number of aliphatic carboxylic acids is 1. The number of carboxylic acids is 1. The first kappa shape index (κ1) is 15.0. The Morgan fingerprint density at radius 1 is 1.57 bits per heavy atom. The molecule has 0 unspecified atom stereocenters. The van der Waals surface area contributed by atoms with E-state index in [2.05, 4.69) is 0 Å². The zero-order valence-electron chi connectivity index (χ0n) is 11.4. The number of ether oxygens (including phenoxy) is 1. The van der Waals surface area contributed by atoms with Gasteiger partial charge in [0.1, 0.15) is 0 Å². The molecule has 0 aliphatic heterocycles. The van der Waals surface area contributed by atoms with E-state index in [0.29, 0.717) is 0 Å². The molecule has 8 heteroatoms. The number of halogens is 1. The first-order valence-corrected chi connectivity index (χ1v) is 6.44. The van der Waals surface area contributed by atoms with Gasteiger partial charge in [0.25, 0.3) is 0 Å². The highest BCUT2D eigenvalue weighted by Gasteiger charge is 2.32. The molecule has 1 aliphatic carbocycles. The lowest BCUT2D eigenvalue weighted by Gasteiger charge is -2.24. The smallest absolute Gasteiger partial charge is 0.313 e. The van der Waals surface area contributed by atoms with E-state index in [4.69, 9.17) is 9.84 Å². The second kappa shape index (κ2) is 5.94. The van der Waals surface area contributed by atoms with Gasteiger partial charge in [-0.3, -0.25) is 14.9 Å². The van der Waals surface area contributed by atoms with Gasteiger partial charge in [-0.15, -0.1) is 0 Å². The summed E-state index contributed by atoms with van der Waals surface area (Å²) < 4.78 is 19.1. The fraction of sp³-hybridized carbons (Fsp3) is 0.462. The molecule has 0 spiro atoms. The lowest BCUT2D eigenvalue weighted by atomic mass is 10.2. The summed E-state index contributed by atoms with van der Waals surface area (Å²) >= 11 is 0. The molecule has 7 nitrogen and oxygen atoms in total. The molecule has 0 radical (unpaired) electrons. The number of nitro groups is 1. The van der Waals surface area contributed by atoms with Crippen molar-refractivity contribution in [2.75, 3.05) is 18.6 Å². The molecule has 114 valence electrons. The van der Waals surface area contributed by atoms with E-state index in [0.717, 1.165) is 18.9 Å². The normalized spacial score (nSPS) is 13.8. The maximum atomic E-state index is 14.1. The predicted octanol–water partition coefficient (Wildman–Crippen LogP) is 2.19. The Labute approximate surface area is 120 Å². The third-order valence-electron chi connectivity index (χ3n) is 3.31. The van der Waals surface area contributed by atoms with Crippen LogP contribution in [0.5, 0.6) is 5.75 Å². The number of nitrogens with zero attached hydrogens (tertiary/aromatic N) is 2. The molecule has 2 rings (SSSR count). The van der Waals surface area contributed by atoms with Crippen molar-refractivity contribution in [3.63, 3.8) is 0 Å². The van der Waals surface area contributed by atoms with E-state index in [9.17, 15) is 19.3 Å². The van der Waals surface area contributed by atoms with E-state index in [-0.39, 0.29) is 30.4 Å². The van der Waals surface area contributed by atoms with E-state index in [1.165, 1.54) is 13.2 Å². The SMILES string of the molecule is COc1cc(N(CCC(=O)O)C2CC2)c(F)cc1[N+](=O)[O-]. The quantitative estimate of drug-likeness (QED) is 0.612. The Hall–Kier alpha value is -2.38. The lowest BCUT2D eigenvalue weighted by molar-refractivity contribution is -0.385. The summed E-state index contributed by atoms with van der Waals surface area (Å²) in [5.74, 6) is -1.77. The molecule has 0 amide bonds. The van der Waals surface area contributed by atoms with Gasteiger partial charge in [0.15, 0.2) is 11.6 Å². The van der Waals surface area contributed by atoms with Crippen LogP contribution in [0.15, 0.2) is 12.1 Å². The Balaban J connectivity index is 2.35. The third-order valence-corrected chi connectivity index (χ3v) is 3.31. The highest BCUT2D eigenvalue weighted by atomic mass is 19.1. The number of hydrogen-bond acceptors (Lipinski definition) is 5. The molecule has 0 bridgehead atoms. The van der Waals surface area contributed by atoms with Gasteiger partial charge < -0.3 is 14.7 Å². The molecule has 0 saturated heterocycles. The first-order valence-electron chi connectivity index (χ1n) is 6.44. The van der Waals surface area contributed by atoms with Crippen LogP contribution in [0.2, 0.25) is 0 Å². The van der Waals surface area contributed by atoms with E-state index < -0.39 is 22.4 Å². The van der Waals surface area contributed by atoms with Gasteiger partial charge in [-0.2, -0.15) is 0 Å². The molecular formula is C13H15FN2O5. The molecule has 21 heavy (non-hydrogen) atoms. The van der Waals surface area contributed by atoms with Gasteiger partial charge in [-0.1, -0.05) is 0 Å². The van der Waals surface area contributed by atoms with Crippen molar-refractivity contribution in [2.24, 2.45) is 0 Å². The molecule has 0 atom stereocenters. The summed E-state index contributed by atoms with van der Waals surface area (Å²) in [6.07, 6.45) is 1.56. The Kier molecular flexibility index (Phi) is 4.25. The summed E-state index contributed by atoms with van der Waals surface area (Å²) in [4.78, 5) is 22.5. The summed E-state index contributed by atoms with van der Waals surface area (Å²) in [7, 11) is 1.27. The molecule has 1 saturated carbocycles. The molecule has 1 aliphatic rings. The van der Waals surface area contributed by atoms with Crippen LogP contribution in [0.25, 0.3) is 0 Å². The van der Waals surface area contributed by atoms with Gasteiger partial charge in [-0.25, -0.2) is 4.39 Å². The number of rotatable bonds is 7. The topological polar surface area (TPSA) is 92.9 Å². The minimum Gasteiger partial charge on any atom is -0.490 e. The number of methoxy groups -OCH3 is 1.